The third-order valence-electron chi connectivity index (χ3n) is 11.3. The number of hydrogen-bond donors (Lipinski definition) is 0. The maximum Gasteiger partial charge on any atom is 0.737 e. The molecule has 0 aliphatic carbocycles. The van der Waals surface area contributed by atoms with Gasteiger partial charge in [-0.05, 0) is 98.4 Å². The van der Waals surface area contributed by atoms with Crippen molar-refractivity contribution in [2.45, 2.75) is 106 Å². The minimum absolute atomic E-state index is 0.429. The lowest BCUT2D eigenvalue weighted by Gasteiger charge is -2.31. The van der Waals surface area contributed by atoms with E-state index < -0.39 is 13.9 Å². The number of aryl methyl sites for hydroxylation is 4. The number of hydrogen-bond acceptors (Lipinski definition) is 0. The number of unbranched alkanes of at least 4 members (excludes halogenated alkanes) is 6. The Morgan fingerprint density at radius 1 is 0.537 bits per heavy atom. The SMILES string of the molecule is CCCCCCc1cc(C#CC2=C3C=CC(C)=[N+]3[B-](F)(F)n3c(C)ccc32)c(CCCCCC)cc1C#CC1=C2C=CC(C)=[N+]2[B-](F)(F)n2c(C)ccc21. The Kier molecular flexibility index (Phi) is 10.2. The second-order valence-corrected chi connectivity index (χ2v) is 15.1. The van der Waals surface area contributed by atoms with Crippen LogP contribution in [-0.2, 0) is 12.8 Å². The Bertz CT molecular complexity index is 2210. The van der Waals surface area contributed by atoms with Gasteiger partial charge < -0.3 is 35.2 Å². The summed E-state index contributed by atoms with van der Waals surface area (Å²) in [5.41, 5.74) is 8.73. The van der Waals surface area contributed by atoms with E-state index in [0.717, 1.165) is 104 Å². The molecule has 278 valence electrons. The summed E-state index contributed by atoms with van der Waals surface area (Å²) in [6.07, 6.45) is 17.2. The van der Waals surface area contributed by atoms with E-state index in [-0.39, 0.29) is 0 Å². The van der Waals surface area contributed by atoms with Crippen molar-refractivity contribution in [1.29, 1.82) is 0 Å². The molecule has 4 nitrogen and oxygen atoms in total. The average molecular weight is 731 g/mol. The maximum absolute atomic E-state index is 15.9. The van der Waals surface area contributed by atoms with Crippen molar-refractivity contribution < 1.29 is 26.2 Å². The first kappa shape index (κ1) is 37.4. The van der Waals surface area contributed by atoms with Gasteiger partial charge in [0.15, 0.2) is 11.4 Å². The van der Waals surface area contributed by atoms with Gasteiger partial charge in [0.1, 0.15) is 22.6 Å². The van der Waals surface area contributed by atoms with Gasteiger partial charge in [0.05, 0.1) is 0 Å². The molecule has 0 unspecified atom stereocenters. The minimum Gasteiger partial charge on any atom is -0.393 e. The van der Waals surface area contributed by atoms with Crippen molar-refractivity contribution in [2.24, 2.45) is 0 Å². The largest absolute Gasteiger partial charge is 0.737 e. The van der Waals surface area contributed by atoms with E-state index in [0.29, 0.717) is 56.7 Å². The molecule has 2 aromatic heterocycles. The molecule has 0 amide bonds. The van der Waals surface area contributed by atoms with E-state index >= 15 is 17.3 Å². The summed E-state index contributed by atoms with van der Waals surface area (Å²) >= 11 is 0. The van der Waals surface area contributed by atoms with Gasteiger partial charge in [0.25, 0.3) is 0 Å². The van der Waals surface area contributed by atoms with Gasteiger partial charge in [-0.2, -0.15) is 0 Å². The van der Waals surface area contributed by atoms with Crippen molar-refractivity contribution in [2.75, 3.05) is 0 Å². The van der Waals surface area contributed by atoms with Gasteiger partial charge in [0.2, 0.25) is 0 Å². The molecule has 0 saturated carbocycles. The first-order valence-corrected chi connectivity index (χ1v) is 19.6. The average Bonchev–Trinajstić information content (AvgIpc) is 3.92. The number of benzene rings is 1. The minimum atomic E-state index is -4.05. The van der Waals surface area contributed by atoms with Gasteiger partial charge in [-0.3, -0.25) is 0 Å². The van der Waals surface area contributed by atoms with Crippen LogP contribution in [0.25, 0.3) is 11.1 Å². The molecule has 1 aromatic carbocycles. The molecular weight excluding hydrogens is 682 g/mol. The van der Waals surface area contributed by atoms with Gasteiger partial charge in [-0.25, -0.2) is 0 Å². The number of rotatable bonds is 10. The van der Waals surface area contributed by atoms with Crippen LogP contribution in [0.3, 0.4) is 0 Å². The summed E-state index contributed by atoms with van der Waals surface area (Å²) < 4.78 is 68.3. The summed E-state index contributed by atoms with van der Waals surface area (Å²) in [6, 6.07) is 11.3. The summed E-state index contributed by atoms with van der Waals surface area (Å²) in [5.74, 6) is 13.7. The van der Waals surface area contributed by atoms with E-state index in [1.165, 1.54) is 0 Å². The molecule has 4 aliphatic rings. The van der Waals surface area contributed by atoms with E-state index in [2.05, 4.69) is 49.7 Å². The fraction of sp³-hybridized carbons (Fsp3) is 0.364. The van der Waals surface area contributed by atoms with Crippen molar-refractivity contribution in [3.05, 3.63) is 117 Å². The third-order valence-corrected chi connectivity index (χ3v) is 11.3. The zero-order chi connectivity index (χ0) is 38.4. The fourth-order valence-corrected chi connectivity index (χ4v) is 8.49. The summed E-state index contributed by atoms with van der Waals surface area (Å²) in [4.78, 5) is 0. The molecule has 54 heavy (non-hydrogen) atoms. The van der Waals surface area contributed by atoms with E-state index in [9.17, 15) is 0 Å². The number of fused-ring (bicyclic) bond motifs is 4. The van der Waals surface area contributed by atoms with E-state index in [4.69, 9.17) is 0 Å². The van der Waals surface area contributed by atoms with Crippen LogP contribution in [-0.4, -0.2) is 43.3 Å². The number of allylic oxidation sites excluding steroid dienone is 6. The highest BCUT2D eigenvalue weighted by Crippen LogP contribution is 2.38. The molecule has 0 N–H and O–H groups in total. The topological polar surface area (TPSA) is 15.9 Å². The Hall–Kier alpha value is -4.95. The van der Waals surface area contributed by atoms with Crippen LogP contribution in [0.2, 0.25) is 0 Å². The first-order valence-electron chi connectivity index (χ1n) is 19.6. The molecule has 0 bridgehead atoms. The lowest BCUT2D eigenvalue weighted by molar-refractivity contribution is -0.362. The van der Waals surface area contributed by atoms with Crippen LogP contribution in [0.4, 0.5) is 17.3 Å². The molecule has 0 spiro atoms. The summed E-state index contributed by atoms with van der Waals surface area (Å²) in [5, 5.41) is 0. The second kappa shape index (κ2) is 14.7. The maximum atomic E-state index is 15.9. The highest BCUT2D eigenvalue weighted by molar-refractivity contribution is 6.58. The monoisotopic (exact) mass is 730 g/mol. The Labute approximate surface area is 317 Å². The number of aromatic nitrogens is 2. The quantitative estimate of drug-likeness (QED) is 0.0855. The number of halogens is 4. The predicted octanol–water partition coefficient (Wildman–Crippen LogP) is 10.2. The van der Waals surface area contributed by atoms with Crippen LogP contribution >= 0.6 is 0 Å². The molecule has 10 heteroatoms. The molecule has 0 radical (unpaired) electrons. The molecule has 0 saturated heterocycles. The predicted molar refractivity (Wildman–Crippen MR) is 215 cm³/mol. The zero-order valence-electron chi connectivity index (χ0n) is 32.3. The molecule has 7 rings (SSSR count). The highest BCUT2D eigenvalue weighted by Gasteiger charge is 2.54. The van der Waals surface area contributed by atoms with Crippen LogP contribution < -0.4 is 0 Å². The number of nitrogens with zero attached hydrogens (tertiary/aromatic N) is 4. The summed E-state index contributed by atoms with van der Waals surface area (Å²) in [7, 11) is 0. The first-order chi connectivity index (χ1) is 25.9. The van der Waals surface area contributed by atoms with Gasteiger partial charge in [-0.15, -0.1) is 0 Å². The molecule has 6 heterocycles. The second-order valence-electron chi connectivity index (χ2n) is 15.1. The molecule has 0 atom stereocenters. The zero-order valence-corrected chi connectivity index (χ0v) is 32.3. The van der Waals surface area contributed by atoms with Gasteiger partial charge in [0, 0.05) is 60.7 Å². The molecule has 0 fully saturated rings. The van der Waals surface area contributed by atoms with Crippen LogP contribution in [0.5, 0.6) is 0 Å². The fourth-order valence-electron chi connectivity index (χ4n) is 8.49. The van der Waals surface area contributed by atoms with Gasteiger partial charge in [-0.1, -0.05) is 76.1 Å². The Morgan fingerprint density at radius 2 is 0.944 bits per heavy atom. The van der Waals surface area contributed by atoms with Crippen LogP contribution in [0, 0.1) is 37.5 Å². The van der Waals surface area contributed by atoms with Crippen LogP contribution in [0.15, 0.2) is 72.1 Å². The highest BCUT2D eigenvalue weighted by atomic mass is 19.3. The molecular formula is C44H48B2F4N4. The molecule has 4 aliphatic heterocycles. The lowest BCUT2D eigenvalue weighted by Crippen LogP contribution is -2.51. The van der Waals surface area contributed by atoms with Crippen molar-refractivity contribution in [3.63, 3.8) is 0 Å². The summed E-state index contributed by atoms with van der Waals surface area (Å²) in [6.45, 7) is 3.12. The van der Waals surface area contributed by atoms with Crippen LogP contribution in [0.1, 0.15) is 124 Å². The van der Waals surface area contributed by atoms with Gasteiger partial charge >= 0.3 is 13.9 Å². The van der Waals surface area contributed by atoms with Crippen molar-refractivity contribution in [1.82, 2.24) is 8.96 Å². The standard InChI is InChI=1S/C44H48B2F4N4/c1-7-9-11-13-15-35-29-38(22-24-40-43-27-19-33(5)53(43)46(49,50)54-34(6)20-28-44(40)54)36(16-14-12-10-8-2)30-37(35)21-23-39-41-25-17-31(3)51(41)45(47,48)52-32(4)18-26-42(39)52/h17-20,25-30H,7-16H2,1-6H3. The Balaban J connectivity index is 1.37. The molecule has 3 aromatic rings. The Morgan fingerprint density at radius 3 is 1.33 bits per heavy atom. The smallest absolute Gasteiger partial charge is 0.393 e. The van der Waals surface area contributed by atoms with E-state index in [1.54, 1.807) is 76.3 Å². The van der Waals surface area contributed by atoms with Crippen molar-refractivity contribution >= 4 is 36.5 Å². The van der Waals surface area contributed by atoms with E-state index in [1.807, 2.05) is 0 Å². The lowest BCUT2D eigenvalue weighted by atomic mass is 9.87. The van der Waals surface area contributed by atoms with Crippen molar-refractivity contribution in [3.8, 4) is 23.7 Å². The normalized spacial score (nSPS) is 17.4. The third kappa shape index (κ3) is 6.38.